The van der Waals surface area contributed by atoms with Crippen LogP contribution in [0.2, 0.25) is 0 Å². The van der Waals surface area contributed by atoms with E-state index in [2.05, 4.69) is 39.0 Å². The van der Waals surface area contributed by atoms with Crippen LogP contribution in [0.15, 0.2) is 36.4 Å². The Morgan fingerprint density at radius 1 is 1.05 bits per heavy atom. The van der Waals surface area contributed by atoms with Gasteiger partial charge in [-0.1, -0.05) is 35.9 Å². The third-order valence-corrected chi connectivity index (χ3v) is 3.56. The molecule has 0 aliphatic rings. The number of hydrogen-bond donors (Lipinski definition) is 0. The van der Waals surface area contributed by atoms with Gasteiger partial charge in [-0.3, -0.25) is 0 Å². The highest BCUT2D eigenvalue weighted by molar-refractivity contribution is 5.73. The smallest absolute Gasteiger partial charge is 0.153 e. The van der Waals surface area contributed by atoms with Gasteiger partial charge in [0.15, 0.2) is 6.29 Å². The summed E-state index contributed by atoms with van der Waals surface area (Å²) in [5, 5.41) is 0. The van der Waals surface area contributed by atoms with Gasteiger partial charge in [-0.25, -0.2) is 0 Å². The Labute approximate surface area is 120 Å². The van der Waals surface area contributed by atoms with Gasteiger partial charge >= 0.3 is 0 Å². The average Bonchev–Trinajstić information content (AvgIpc) is 2.39. The first-order valence-corrected chi connectivity index (χ1v) is 6.73. The minimum Gasteiger partial charge on any atom is -0.369 e. The fourth-order valence-corrected chi connectivity index (χ4v) is 2.78. The standard InChI is InChI=1S/C18H20O2/c1-12-8-13(2)18(14(3)9-12)16-7-5-6-15(10-16)17(11-19)20-4/h5-11,17H,1-4H3. The number of methoxy groups -OCH3 is 1. The summed E-state index contributed by atoms with van der Waals surface area (Å²) in [5.74, 6) is 0. The summed E-state index contributed by atoms with van der Waals surface area (Å²) in [4.78, 5) is 11.0. The Morgan fingerprint density at radius 3 is 2.25 bits per heavy atom. The van der Waals surface area contributed by atoms with E-state index < -0.39 is 6.10 Å². The maximum Gasteiger partial charge on any atom is 0.153 e. The quantitative estimate of drug-likeness (QED) is 0.778. The largest absolute Gasteiger partial charge is 0.369 e. The zero-order valence-electron chi connectivity index (χ0n) is 12.4. The maximum absolute atomic E-state index is 11.0. The van der Waals surface area contributed by atoms with Crippen molar-refractivity contribution >= 4 is 6.29 Å². The number of ether oxygens (including phenoxy) is 1. The van der Waals surface area contributed by atoms with Crippen LogP contribution in [0.5, 0.6) is 0 Å². The molecular weight excluding hydrogens is 248 g/mol. The summed E-state index contributed by atoms with van der Waals surface area (Å²) >= 11 is 0. The molecule has 0 N–H and O–H groups in total. The van der Waals surface area contributed by atoms with Crippen molar-refractivity contribution in [3.05, 3.63) is 58.7 Å². The van der Waals surface area contributed by atoms with E-state index in [0.717, 1.165) is 17.4 Å². The maximum atomic E-state index is 11.0. The summed E-state index contributed by atoms with van der Waals surface area (Å²) in [6.07, 6.45) is 0.328. The first kappa shape index (κ1) is 14.5. The van der Waals surface area contributed by atoms with Crippen LogP contribution >= 0.6 is 0 Å². The van der Waals surface area contributed by atoms with Gasteiger partial charge in [0.05, 0.1) is 0 Å². The van der Waals surface area contributed by atoms with Crippen molar-refractivity contribution in [1.82, 2.24) is 0 Å². The molecule has 104 valence electrons. The third-order valence-electron chi connectivity index (χ3n) is 3.56. The van der Waals surface area contributed by atoms with Gasteiger partial charge in [-0.15, -0.1) is 0 Å². The first-order chi connectivity index (χ1) is 9.56. The number of aryl methyl sites for hydroxylation is 3. The molecule has 20 heavy (non-hydrogen) atoms. The van der Waals surface area contributed by atoms with Crippen molar-refractivity contribution in [1.29, 1.82) is 0 Å². The molecule has 0 fully saturated rings. The Hall–Kier alpha value is -1.93. The summed E-state index contributed by atoms with van der Waals surface area (Å²) in [6.45, 7) is 6.35. The second-order valence-electron chi connectivity index (χ2n) is 5.19. The molecule has 0 spiro atoms. The van der Waals surface area contributed by atoms with Crippen LogP contribution in [-0.2, 0) is 9.53 Å². The fourth-order valence-electron chi connectivity index (χ4n) is 2.78. The highest BCUT2D eigenvalue weighted by atomic mass is 16.5. The molecular formula is C18H20O2. The summed E-state index contributed by atoms with van der Waals surface area (Å²) in [7, 11) is 1.55. The number of rotatable bonds is 4. The predicted octanol–water partition coefficient (Wildman–Crippen LogP) is 4.17. The molecule has 1 atom stereocenters. The van der Waals surface area contributed by atoms with Crippen molar-refractivity contribution in [2.75, 3.05) is 7.11 Å². The van der Waals surface area contributed by atoms with Crippen LogP contribution in [0.3, 0.4) is 0 Å². The van der Waals surface area contributed by atoms with Gasteiger partial charge in [0, 0.05) is 7.11 Å². The monoisotopic (exact) mass is 268 g/mol. The molecule has 0 aromatic heterocycles. The predicted molar refractivity (Wildman–Crippen MR) is 81.9 cm³/mol. The van der Waals surface area contributed by atoms with Gasteiger partial charge < -0.3 is 9.53 Å². The lowest BCUT2D eigenvalue weighted by molar-refractivity contribution is -0.116. The number of hydrogen-bond acceptors (Lipinski definition) is 2. The van der Waals surface area contributed by atoms with Crippen molar-refractivity contribution in [3.8, 4) is 11.1 Å². The van der Waals surface area contributed by atoms with Crippen molar-refractivity contribution in [3.63, 3.8) is 0 Å². The van der Waals surface area contributed by atoms with Crippen molar-refractivity contribution in [2.24, 2.45) is 0 Å². The molecule has 2 aromatic rings. The first-order valence-electron chi connectivity index (χ1n) is 6.73. The molecule has 1 unspecified atom stereocenters. The SMILES string of the molecule is COC(C=O)c1cccc(-c2c(C)cc(C)cc2C)c1. The summed E-state index contributed by atoms with van der Waals surface area (Å²) in [6, 6.07) is 12.4. The van der Waals surface area contributed by atoms with Crippen LogP contribution in [0, 0.1) is 20.8 Å². The summed E-state index contributed by atoms with van der Waals surface area (Å²) in [5.41, 5.74) is 7.01. The van der Waals surface area contributed by atoms with Crippen molar-refractivity contribution in [2.45, 2.75) is 26.9 Å². The second-order valence-corrected chi connectivity index (χ2v) is 5.19. The summed E-state index contributed by atoms with van der Waals surface area (Å²) < 4.78 is 5.19. The number of carbonyl (C=O) groups is 1. The van der Waals surface area contributed by atoms with Gasteiger partial charge in [0.1, 0.15) is 6.10 Å². The third kappa shape index (κ3) is 2.81. The molecule has 0 heterocycles. The normalized spacial score (nSPS) is 12.2. The van der Waals surface area contributed by atoms with Crippen LogP contribution in [0.25, 0.3) is 11.1 Å². The molecule has 2 rings (SSSR count). The number of carbonyl (C=O) groups excluding carboxylic acids is 1. The molecule has 0 saturated heterocycles. The Bertz CT molecular complexity index is 606. The molecule has 2 nitrogen and oxygen atoms in total. The molecule has 0 bridgehead atoms. The molecule has 0 radical (unpaired) electrons. The van der Waals surface area contributed by atoms with Gasteiger partial charge in [0.25, 0.3) is 0 Å². The topological polar surface area (TPSA) is 26.3 Å². The molecule has 2 heteroatoms. The fraction of sp³-hybridized carbons (Fsp3) is 0.278. The lowest BCUT2D eigenvalue weighted by Gasteiger charge is -2.14. The lowest BCUT2D eigenvalue weighted by Crippen LogP contribution is -2.02. The van der Waals surface area contributed by atoms with E-state index >= 15 is 0 Å². The highest BCUT2D eigenvalue weighted by Crippen LogP contribution is 2.30. The zero-order valence-corrected chi connectivity index (χ0v) is 12.4. The zero-order chi connectivity index (χ0) is 14.7. The minimum absolute atomic E-state index is 0.499. The highest BCUT2D eigenvalue weighted by Gasteiger charge is 2.12. The van der Waals surface area contributed by atoms with E-state index in [1.54, 1.807) is 7.11 Å². The molecule has 0 saturated carbocycles. The Balaban J connectivity index is 2.54. The Morgan fingerprint density at radius 2 is 1.70 bits per heavy atom. The average molecular weight is 268 g/mol. The van der Waals surface area contributed by atoms with E-state index in [1.807, 2.05) is 18.2 Å². The van der Waals surface area contributed by atoms with Crippen LogP contribution in [-0.4, -0.2) is 13.4 Å². The number of benzene rings is 2. The molecule has 2 aromatic carbocycles. The van der Waals surface area contributed by atoms with E-state index in [1.165, 1.54) is 22.3 Å². The van der Waals surface area contributed by atoms with Gasteiger partial charge in [-0.2, -0.15) is 0 Å². The molecule has 0 aliphatic heterocycles. The van der Waals surface area contributed by atoms with E-state index in [0.29, 0.717) is 0 Å². The second kappa shape index (κ2) is 6.02. The minimum atomic E-state index is -0.499. The van der Waals surface area contributed by atoms with Gasteiger partial charge in [0.2, 0.25) is 0 Å². The lowest BCUT2D eigenvalue weighted by atomic mass is 9.92. The van der Waals surface area contributed by atoms with E-state index in [4.69, 9.17) is 4.74 Å². The van der Waals surface area contributed by atoms with Crippen molar-refractivity contribution < 1.29 is 9.53 Å². The van der Waals surface area contributed by atoms with Crippen LogP contribution in [0.1, 0.15) is 28.4 Å². The van der Waals surface area contributed by atoms with E-state index in [9.17, 15) is 4.79 Å². The van der Waals surface area contributed by atoms with Crippen LogP contribution in [0.4, 0.5) is 0 Å². The molecule has 0 aliphatic carbocycles. The van der Waals surface area contributed by atoms with Gasteiger partial charge in [-0.05, 0) is 54.7 Å². The van der Waals surface area contributed by atoms with Crippen LogP contribution < -0.4 is 0 Å². The Kier molecular flexibility index (Phi) is 4.35. The van der Waals surface area contributed by atoms with E-state index in [-0.39, 0.29) is 0 Å². The number of aldehydes is 1. The molecule has 0 amide bonds.